The van der Waals surface area contributed by atoms with Crippen molar-refractivity contribution in [1.82, 2.24) is 0 Å². The Morgan fingerprint density at radius 3 is 2.67 bits per heavy atom. The molecule has 0 fully saturated rings. The Bertz CT molecular complexity index is 544. The highest BCUT2D eigenvalue weighted by Gasteiger charge is 2.31. The van der Waals surface area contributed by atoms with Crippen LogP contribution in [0.25, 0.3) is 0 Å². The molecule has 0 spiro atoms. The van der Waals surface area contributed by atoms with E-state index in [1.807, 2.05) is 32.9 Å². The minimum atomic E-state index is -0.501. The van der Waals surface area contributed by atoms with Gasteiger partial charge in [0.05, 0.1) is 11.4 Å². The molecule has 0 aliphatic carbocycles. The molecule has 0 saturated heterocycles. The molecule has 4 nitrogen and oxygen atoms in total. The summed E-state index contributed by atoms with van der Waals surface area (Å²) >= 11 is 0. The molecular weight excluding hydrogens is 264 g/mol. The van der Waals surface area contributed by atoms with Crippen LogP contribution in [0.1, 0.15) is 59.4 Å². The number of carbonyl (C=O) groups excluding carboxylic acids is 1. The molecule has 116 valence electrons. The molecule has 1 unspecified atom stereocenters. The summed E-state index contributed by atoms with van der Waals surface area (Å²) in [6.45, 7) is 12.1. The Morgan fingerprint density at radius 1 is 1.38 bits per heavy atom. The molecule has 1 aliphatic rings. The smallest absolute Gasteiger partial charge is 0.412 e. The third-order valence-corrected chi connectivity index (χ3v) is 3.54. The Kier molecular flexibility index (Phi) is 3.91. The van der Waals surface area contributed by atoms with Gasteiger partial charge in [0, 0.05) is 5.54 Å². The molecule has 1 aromatic carbocycles. The molecule has 2 N–H and O–H groups in total. The monoisotopic (exact) mass is 290 g/mol. The van der Waals surface area contributed by atoms with Gasteiger partial charge in [0.15, 0.2) is 0 Å². The van der Waals surface area contributed by atoms with Gasteiger partial charge in [-0.15, -0.1) is 0 Å². The molecule has 1 amide bonds. The van der Waals surface area contributed by atoms with Gasteiger partial charge >= 0.3 is 6.09 Å². The molecule has 0 radical (unpaired) electrons. The standard InChI is InChI=1S/C17H26N2O2/c1-11-10-17(5,6)19-14-12(11)8-7-9-13(14)18-15(20)21-16(2,3)4/h7-9,11,19H,10H2,1-6H3,(H,18,20). The minimum absolute atomic E-state index is 0.0120. The van der Waals surface area contributed by atoms with Gasteiger partial charge in [-0.3, -0.25) is 5.32 Å². The molecule has 0 aromatic heterocycles. The third-order valence-electron chi connectivity index (χ3n) is 3.54. The van der Waals surface area contributed by atoms with Crippen LogP contribution in [0.3, 0.4) is 0 Å². The number of amides is 1. The summed E-state index contributed by atoms with van der Waals surface area (Å²) in [6.07, 6.45) is 0.643. The van der Waals surface area contributed by atoms with Crippen LogP contribution in [0.5, 0.6) is 0 Å². The van der Waals surface area contributed by atoms with Crippen LogP contribution in [0.15, 0.2) is 18.2 Å². The highest BCUT2D eigenvalue weighted by molar-refractivity contribution is 5.91. The van der Waals surface area contributed by atoms with Crippen LogP contribution in [0, 0.1) is 0 Å². The molecular formula is C17H26N2O2. The lowest BCUT2D eigenvalue weighted by Crippen LogP contribution is -2.37. The number of anilines is 2. The molecule has 21 heavy (non-hydrogen) atoms. The predicted molar refractivity (Wildman–Crippen MR) is 87.0 cm³/mol. The first-order chi connectivity index (χ1) is 9.57. The maximum absolute atomic E-state index is 12.0. The van der Waals surface area contributed by atoms with E-state index < -0.39 is 11.7 Å². The summed E-state index contributed by atoms with van der Waals surface area (Å²) in [5, 5.41) is 6.39. The molecule has 1 heterocycles. The number of rotatable bonds is 1. The fourth-order valence-corrected chi connectivity index (χ4v) is 2.90. The van der Waals surface area contributed by atoms with E-state index in [4.69, 9.17) is 4.74 Å². The Hall–Kier alpha value is -1.71. The zero-order valence-corrected chi connectivity index (χ0v) is 13.8. The number of hydrogen-bond acceptors (Lipinski definition) is 3. The maximum atomic E-state index is 12.0. The van der Waals surface area contributed by atoms with E-state index in [1.54, 1.807) is 0 Å². The summed E-state index contributed by atoms with van der Waals surface area (Å²) in [7, 11) is 0. The van der Waals surface area contributed by atoms with Crippen molar-refractivity contribution in [3.05, 3.63) is 23.8 Å². The molecule has 4 heteroatoms. The van der Waals surface area contributed by atoms with E-state index in [-0.39, 0.29) is 5.54 Å². The average molecular weight is 290 g/mol. The van der Waals surface area contributed by atoms with Crippen molar-refractivity contribution in [3.63, 3.8) is 0 Å². The predicted octanol–water partition coefficient (Wildman–Crippen LogP) is 4.73. The summed E-state index contributed by atoms with van der Waals surface area (Å²) in [6, 6.07) is 5.99. The highest BCUT2D eigenvalue weighted by Crippen LogP contribution is 2.42. The molecule has 1 atom stereocenters. The second-order valence-electron chi connectivity index (χ2n) is 7.51. The first-order valence-electron chi connectivity index (χ1n) is 7.48. The fourth-order valence-electron chi connectivity index (χ4n) is 2.90. The lowest BCUT2D eigenvalue weighted by Gasteiger charge is -2.38. The van der Waals surface area contributed by atoms with Gasteiger partial charge < -0.3 is 10.1 Å². The topological polar surface area (TPSA) is 50.4 Å². The van der Waals surface area contributed by atoms with Crippen molar-refractivity contribution >= 4 is 17.5 Å². The van der Waals surface area contributed by atoms with Gasteiger partial charge in [-0.25, -0.2) is 4.79 Å². The van der Waals surface area contributed by atoms with Crippen molar-refractivity contribution in [1.29, 1.82) is 0 Å². The highest BCUT2D eigenvalue weighted by atomic mass is 16.6. The molecule has 1 aromatic rings. The summed E-state index contributed by atoms with van der Waals surface area (Å²) in [5.74, 6) is 0.455. The zero-order chi connectivity index (χ0) is 15.8. The van der Waals surface area contributed by atoms with Gasteiger partial charge in [0.2, 0.25) is 0 Å². The van der Waals surface area contributed by atoms with Crippen molar-refractivity contribution in [3.8, 4) is 0 Å². The number of carbonyl (C=O) groups is 1. The van der Waals surface area contributed by atoms with Gasteiger partial charge in [0.25, 0.3) is 0 Å². The van der Waals surface area contributed by atoms with E-state index in [0.717, 1.165) is 17.8 Å². The van der Waals surface area contributed by atoms with E-state index in [0.29, 0.717) is 5.92 Å². The molecule has 0 bridgehead atoms. The van der Waals surface area contributed by atoms with Gasteiger partial charge in [-0.05, 0) is 58.6 Å². The number of hydrogen-bond donors (Lipinski definition) is 2. The number of para-hydroxylation sites is 1. The Balaban J connectivity index is 2.26. The Morgan fingerprint density at radius 2 is 2.05 bits per heavy atom. The largest absolute Gasteiger partial charge is 0.444 e. The average Bonchev–Trinajstić information content (AvgIpc) is 2.26. The van der Waals surface area contributed by atoms with Crippen molar-refractivity contribution in [2.75, 3.05) is 10.6 Å². The van der Waals surface area contributed by atoms with Gasteiger partial charge in [-0.1, -0.05) is 19.1 Å². The van der Waals surface area contributed by atoms with Crippen LogP contribution in [-0.2, 0) is 4.74 Å². The second kappa shape index (κ2) is 5.24. The summed E-state index contributed by atoms with van der Waals surface area (Å²) in [5.41, 5.74) is 2.54. The van der Waals surface area contributed by atoms with Crippen molar-refractivity contribution in [2.24, 2.45) is 0 Å². The van der Waals surface area contributed by atoms with E-state index in [1.165, 1.54) is 5.56 Å². The van der Waals surface area contributed by atoms with Crippen molar-refractivity contribution in [2.45, 2.75) is 65.0 Å². The zero-order valence-electron chi connectivity index (χ0n) is 13.8. The van der Waals surface area contributed by atoms with Crippen LogP contribution < -0.4 is 10.6 Å². The maximum Gasteiger partial charge on any atom is 0.412 e. The van der Waals surface area contributed by atoms with Gasteiger partial charge in [-0.2, -0.15) is 0 Å². The fraction of sp³-hybridized carbons (Fsp3) is 0.588. The second-order valence-corrected chi connectivity index (χ2v) is 7.51. The van der Waals surface area contributed by atoms with Crippen LogP contribution in [0.4, 0.5) is 16.2 Å². The van der Waals surface area contributed by atoms with Gasteiger partial charge in [0.1, 0.15) is 5.60 Å². The molecule has 1 aliphatic heterocycles. The number of ether oxygens (including phenoxy) is 1. The summed E-state index contributed by atoms with van der Waals surface area (Å²) < 4.78 is 5.33. The first-order valence-corrected chi connectivity index (χ1v) is 7.48. The first kappa shape index (κ1) is 15.7. The van der Waals surface area contributed by atoms with E-state index in [2.05, 4.69) is 37.5 Å². The normalized spacial score (nSPS) is 20.2. The third kappa shape index (κ3) is 3.90. The van der Waals surface area contributed by atoms with E-state index >= 15 is 0 Å². The van der Waals surface area contributed by atoms with Crippen LogP contribution in [-0.4, -0.2) is 17.2 Å². The molecule has 0 saturated carbocycles. The lowest BCUT2D eigenvalue weighted by atomic mass is 9.81. The quantitative estimate of drug-likeness (QED) is 0.786. The molecule has 2 rings (SSSR count). The Labute approximate surface area is 127 Å². The van der Waals surface area contributed by atoms with E-state index in [9.17, 15) is 4.79 Å². The van der Waals surface area contributed by atoms with Crippen LogP contribution in [0.2, 0.25) is 0 Å². The lowest BCUT2D eigenvalue weighted by molar-refractivity contribution is 0.0636. The summed E-state index contributed by atoms with van der Waals surface area (Å²) in [4.78, 5) is 12.0. The van der Waals surface area contributed by atoms with Crippen molar-refractivity contribution < 1.29 is 9.53 Å². The number of benzene rings is 1. The van der Waals surface area contributed by atoms with Crippen LogP contribution >= 0.6 is 0 Å². The SMILES string of the molecule is CC1CC(C)(C)Nc2c(NC(=O)OC(C)(C)C)cccc21. The number of nitrogens with one attached hydrogen (secondary N) is 2. The minimum Gasteiger partial charge on any atom is -0.444 e. The number of fused-ring (bicyclic) bond motifs is 1.